The number of benzene rings is 2. The number of piperidine rings is 1. The topological polar surface area (TPSA) is 113 Å². The van der Waals surface area contributed by atoms with Crippen LogP contribution < -0.4 is 9.62 Å². The number of hydrogen-bond acceptors (Lipinski definition) is 6. The molecular weight excluding hydrogens is 446 g/mol. The summed E-state index contributed by atoms with van der Waals surface area (Å²) in [4.78, 5) is 24.8. The van der Waals surface area contributed by atoms with E-state index in [4.69, 9.17) is 4.74 Å². The highest BCUT2D eigenvalue weighted by Gasteiger charge is 2.29. The molecule has 1 heterocycles. The van der Waals surface area contributed by atoms with Crippen LogP contribution in [-0.4, -0.2) is 45.2 Å². The van der Waals surface area contributed by atoms with Crippen molar-refractivity contribution in [1.82, 2.24) is 0 Å². The Morgan fingerprint density at radius 1 is 1.22 bits per heavy atom. The van der Waals surface area contributed by atoms with E-state index in [-0.39, 0.29) is 30.4 Å². The van der Waals surface area contributed by atoms with Gasteiger partial charge in [-0.3, -0.25) is 9.52 Å². The number of ether oxygens (including phenoxy) is 1. The van der Waals surface area contributed by atoms with Crippen molar-refractivity contribution >= 4 is 33.3 Å². The van der Waals surface area contributed by atoms with Gasteiger partial charge in [-0.25, -0.2) is 22.0 Å². The number of nitrogens with one attached hydrogen (secondary N) is 1. The molecule has 0 radical (unpaired) electrons. The maximum atomic E-state index is 13.9. The first-order chi connectivity index (χ1) is 15.1. The van der Waals surface area contributed by atoms with E-state index in [1.165, 1.54) is 12.1 Å². The molecule has 1 aliphatic rings. The van der Waals surface area contributed by atoms with E-state index in [2.05, 4.69) is 4.72 Å². The molecular formula is C21H22F2N2O6S. The molecule has 3 rings (SSSR count). The maximum Gasteiger partial charge on any atom is 0.337 e. The number of carboxylic acid groups (broad SMARTS) is 1. The molecule has 2 aromatic carbocycles. The largest absolute Gasteiger partial charge is 0.478 e. The van der Waals surface area contributed by atoms with E-state index in [1.54, 1.807) is 11.8 Å². The molecule has 0 bridgehead atoms. The van der Waals surface area contributed by atoms with Gasteiger partial charge in [0.15, 0.2) is 0 Å². The summed E-state index contributed by atoms with van der Waals surface area (Å²) in [6.45, 7) is 2.72. The average molecular weight is 468 g/mol. The lowest BCUT2D eigenvalue weighted by Crippen LogP contribution is -2.40. The van der Waals surface area contributed by atoms with Crippen LogP contribution in [-0.2, 0) is 19.6 Å². The molecule has 0 spiro atoms. The van der Waals surface area contributed by atoms with Crippen molar-refractivity contribution in [2.24, 2.45) is 5.92 Å². The zero-order valence-corrected chi connectivity index (χ0v) is 18.0. The van der Waals surface area contributed by atoms with E-state index in [0.717, 1.165) is 12.1 Å². The van der Waals surface area contributed by atoms with Crippen molar-refractivity contribution in [3.05, 3.63) is 53.6 Å². The zero-order chi connectivity index (χ0) is 23.5. The van der Waals surface area contributed by atoms with Gasteiger partial charge in [-0.05, 0) is 56.2 Å². The van der Waals surface area contributed by atoms with Crippen LogP contribution in [0.5, 0.6) is 0 Å². The Hall–Kier alpha value is -3.21. The minimum atomic E-state index is -4.51. The summed E-state index contributed by atoms with van der Waals surface area (Å²) in [5.74, 6) is -4.15. The molecule has 0 aliphatic carbocycles. The third kappa shape index (κ3) is 5.16. The summed E-state index contributed by atoms with van der Waals surface area (Å²) < 4.78 is 59.5. The number of hydrogen-bond donors (Lipinski definition) is 2. The van der Waals surface area contributed by atoms with Gasteiger partial charge in [0.25, 0.3) is 10.0 Å². The predicted octanol–water partition coefficient (Wildman–Crippen LogP) is 3.24. The first-order valence-electron chi connectivity index (χ1n) is 9.89. The average Bonchev–Trinajstić information content (AvgIpc) is 2.75. The number of aromatic carboxylic acids is 1. The fourth-order valence-electron chi connectivity index (χ4n) is 3.59. The summed E-state index contributed by atoms with van der Waals surface area (Å²) in [5.41, 5.74) is -0.0189. The van der Waals surface area contributed by atoms with Gasteiger partial charge in [-0.15, -0.1) is 0 Å². The number of carbonyl (C=O) groups excluding carboxylic acids is 1. The fraction of sp³-hybridized carbons (Fsp3) is 0.333. The number of rotatable bonds is 7. The first kappa shape index (κ1) is 23.5. The quantitative estimate of drug-likeness (QED) is 0.600. The molecule has 1 fully saturated rings. The van der Waals surface area contributed by atoms with Crippen LogP contribution >= 0.6 is 0 Å². The van der Waals surface area contributed by atoms with Crippen molar-refractivity contribution in [1.29, 1.82) is 0 Å². The molecule has 0 aromatic heterocycles. The van der Waals surface area contributed by atoms with Gasteiger partial charge >= 0.3 is 11.9 Å². The van der Waals surface area contributed by atoms with E-state index in [9.17, 15) is 31.9 Å². The predicted molar refractivity (Wildman–Crippen MR) is 112 cm³/mol. The lowest BCUT2D eigenvalue weighted by molar-refractivity contribution is -0.148. The summed E-state index contributed by atoms with van der Waals surface area (Å²) in [6.07, 6.45) is 1.27. The fourth-order valence-corrected chi connectivity index (χ4v) is 4.73. The van der Waals surface area contributed by atoms with Crippen LogP contribution in [0.2, 0.25) is 0 Å². The molecule has 8 nitrogen and oxygen atoms in total. The second kappa shape index (κ2) is 9.51. The molecule has 1 unspecified atom stereocenters. The van der Waals surface area contributed by atoms with Crippen molar-refractivity contribution < 1.29 is 36.6 Å². The highest BCUT2D eigenvalue weighted by molar-refractivity contribution is 7.92. The monoisotopic (exact) mass is 468 g/mol. The van der Waals surface area contributed by atoms with Crippen molar-refractivity contribution in [2.45, 2.75) is 24.7 Å². The number of halogens is 2. The van der Waals surface area contributed by atoms with E-state index in [0.29, 0.717) is 37.2 Å². The Balaban J connectivity index is 1.89. The minimum Gasteiger partial charge on any atom is -0.478 e. The Morgan fingerprint density at radius 3 is 2.66 bits per heavy atom. The first-order valence-corrected chi connectivity index (χ1v) is 11.4. The van der Waals surface area contributed by atoms with Gasteiger partial charge in [-0.1, -0.05) is 0 Å². The van der Waals surface area contributed by atoms with Crippen LogP contribution in [0, 0.1) is 17.6 Å². The molecule has 0 saturated carbocycles. The highest BCUT2D eigenvalue weighted by atomic mass is 32.2. The second-order valence-corrected chi connectivity index (χ2v) is 8.91. The maximum absolute atomic E-state index is 13.9. The minimum absolute atomic E-state index is 0.131. The number of sulfonamides is 1. The smallest absolute Gasteiger partial charge is 0.337 e. The van der Waals surface area contributed by atoms with Crippen LogP contribution in [0.1, 0.15) is 30.1 Å². The lowest BCUT2D eigenvalue weighted by Gasteiger charge is -2.34. The van der Waals surface area contributed by atoms with E-state index < -0.39 is 38.4 Å². The van der Waals surface area contributed by atoms with Crippen molar-refractivity contribution in [2.75, 3.05) is 29.3 Å². The second-order valence-electron chi connectivity index (χ2n) is 7.25. The van der Waals surface area contributed by atoms with Crippen LogP contribution in [0.4, 0.5) is 20.2 Å². The molecule has 172 valence electrons. The molecule has 1 saturated heterocycles. The number of anilines is 2. The van der Waals surface area contributed by atoms with Gasteiger partial charge in [0.1, 0.15) is 16.5 Å². The third-order valence-electron chi connectivity index (χ3n) is 5.04. The number of nitrogens with zero attached hydrogens (tertiary/aromatic N) is 1. The highest BCUT2D eigenvalue weighted by Crippen LogP contribution is 2.30. The number of carboxylic acids is 1. The molecule has 0 amide bonds. The van der Waals surface area contributed by atoms with Crippen LogP contribution in [0.3, 0.4) is 0 Å². The Kier molecular flexibility index (Phi) is 6.97. The van der Waals surface area contributed by atoms with Gasteiger partial charge in [0.2, 0.25) is 0 Å². The molecule has 2 N–H and O–H groups in total. The molecule has 32 heavy (non-hydrogen) atoms. The SMILES string of the molecule is CCOC(=O)C1CCCN(c2ccc(NS(=O)(=O)c3cc(F)ccc3F)cc2C(=O)O)C1. The molecule has 2 aromatic rings. The van der Waals surface area contributed by atoms with E-state index in [1.807, 2.05) is 0 Å². The van der Waals surface area contributed by atoms with Gasteiger partial charge in [-0.2, -0.15) is 0 Å². The summed E-state index contributed by atoms with van der Waals surface area (Å²) in [5, 5.41) is 9.67. The van der Waals surface area contributed by atoms with Crippen molar-refractivity contribution in [3.8, 4) is 0 Å². The summed E-state index contributed by atoms with van der Waals surface area (Å²) in [7, 11) is -4.51. The standard InChI is InChI=1S/C21H22F2N2O6S/c1-2-31-21(28)13-4-3-9-25(12-13)18-8-6-15(11-16(18)20(26)27)24-32(29,30)19-10-14(22)5-7-17(19)23/h5-8,10-11,13,24H,2-4,9,12H2,1H3,(H,26,27). The normalized spacial score (nSPS) is 16.5. The van der Waals surface area contributed by atoms with Crippen LogP contribution in [0.15, 0.2) is 41.3 Å². The van der Waals surface area contributed by atoms with Gasteiger partial charge in [0.05, 0.1) is 23.8 Å². The summed E-state index contributed by atoms with van der Waals surface area (Å²) in [6, 6.07) is 5.84. The Bertz CT molecular complexity index is 1140. The van der Waals surface area contributed by atoms with Crippen molar-refractivity contribution in [3.63, 3.8) is 0 Å². The zero-order valence-electron chi connectivity index (χ0n) is 17.2. The summed E-state index contributed by atoms with van der Waals surface area (Å²) >= 11 is 0. The van der Waals surface area contributed by atoms with Crippen LogP contribution in [0.25, 0.3) is 0 Å². The Labute approximate surface area is 183 Å². The molecule has 11 heteroatoms. The van der Waals surface area contributed by atoms with E-state index >= 15 is 0 Å². The lowest BCUT2D eigenvalue weighted by atomic mass is 9.97. The Morgan fingerprint density at radius 2 is 1.97 bits per heavy atom. The van der Waals surface area contributed by atoms with Gasteiger partial charge < -0.3 is 14.7 Å². The molecule has 1 atom stereocenters. The number of esters is 1. The van der Waals surface area contributed by atoms with Gasteiger partial charge in [0, 0.05) is 18.8 Å². The molecule has 1 aliphatic heterocycles. The number of carbonyl (C=O) groups is 2. The third-order valence-corrected chi connectivity index (χ3v) is 6.44.